The summed E-state index contributed by atoms with van der Waals surface area (Å²) in [7, 11) is -3.55. The number of anilines is 1. The predicted molar refractivity (Wildman–Crippen MR) is 72.0 cm³/mol. The van der Waals surface area contributed by atoms with Crippen LogP contribution in [-0.2, 0) is 16.6 Å². The summed E-state index contributed by atoms with van der Waals surface area (Å²) in [6, 6.07) is 5.00. The zero-order chi connectivity index (χ0) is 13.2. The van der Waals surface area contributed by atoms with E-state index in [-0.39, 0.29) is 4.90 Å². The third-order valence-corrected chi connectivity index (χ3v) is 4.77. The van der Waals surface area contributed by atoms with Crippen molar-refractivity contribution in [1.82, 2.24) is 4.98 Å². The summed E-state index contributed by atoms with van der Waals surface area (Å²) in [5.41, 5.74) is 6.74. The molecule has 2 heterocycles. The van der Waals surface area contributed by atoms with Gasteiger partial charge in [0.05, 0.1) is 16.8 Å². The first-order chi connectivity index (χ1) is 8.51. The fraction of sp³-hybridized carbons (Fsp3) is 0.182. The van der Waals surface area contributed by atoms with Crippen LogP contribution in [-0.4, -0.2) is 13.4 Å². The summed E-state index contributed by atoms with van der Waals surface area (Å²) < 4.78 is 26.6. The van der Waals surface area contributed by atoms with Crippen molar-refractivity contribution in [2.24, 2.45) is 5.73 Å². The molecule has 0 amide bonds. The molecule has 0 saturated heterocycles. The van der Waals surface area contributed by atoms with E-state index < -0.39 is 10.0 Å². The maximum Gasteiger partial charge on any atom is 0.262 e. The molecule has 0 aliphatic rings. The van der Waals surface area contributed by atoms with Crippen LogP contribution in [0.15, 0.2) is 34.7 Å². The number of nitrogens with one attached hydrogen (secondary N) is 1. The van der Waals surface area contributed by atoms with Crippen LogP contribution in [0.3, 0.4) is 0 Å². The van der Waals surface area contributed by atoms with Gasteiger partial charge in [-0.05, 0) is 25.1 Å². The van der Waals surface area contributed by atoms with Crippen LogP contribution in [0.2, 0.25) is 0 Å². The zero-order valence-electron chi connectivity index (χ0n) is 9.75. The standard InChI is InChI=1S/C11H13N3O2S2/c1-8-2-3-9(6-13-8)14-18(15,16)11-4-10(5-12)17-7-11/h2-4,6-7,14H,5,12H2,1H3. The van der Waals surface area contributed by atoms with E-state index in [0.29, 0.717) is 12.2 Å². The van der Waals surface area contributed by atoms with Crippen molar-refractivity contribution in [2.75, 3.05) is 4.72 Å². The lowest BCUT2D eigenvalue weighted by molar-refractivity contribution is 0.601. The Bertz CT molecular complexity index is 633. The first kappa shape index (κ1) is 13.0. The van der Waals surface area contributed by atoms with E-state index in [1.165, 1.54) is 17.5 Å². The largest absolute Gasteiger partial charge is 0.326 e. The molecule has 0 spiro atoms. The van der Waals surface area contributed by atoms with Crippen LogP contribution in [0, 0.1) is 6.92 Å². The summed E-state index contributed by atoms with van der Waals surface area (Å²) in [5.74, 6) is 0. The van der Waals surface area contributed by atoms with Gasteiger partial charge in [-0.3, -0.25) is 9.71 Å². The SMILES string of the molecule is Cc1ccc(NS(=O)(=O)c2csc(CN)c2)cn1. The van der Waals surface area contributed by atoms with Crippen molar-refractivity contribution in [2.45, 2.75) is 18.4 Å². The van der Waals surface area contributed by atoms with Gasteiger partial charge in [-0.1, -0.05) is 0 Å². The summed E-state index contributed by atoms with van der Waals surface area (Å²) in [4.78, 5) is 5.10. The Kier molecular flexibility index (Phi) is 3.65. The van der Waals surface area contributed by atoms with Gasteiger partial charge in [0.1, 0.15) is 0 Å². The van der Waals surface area contributed by atoms with Gasteiger partial charge in [-0.15, -0.1) is 11.3 Å². The highest BCUT2D eigenvalue weighted by molar-refractivity contribution is 7.92. The molecule has 96 valence electrons. The fourth-order valence-corrected chi connectivity index (χ4v) is 3.55. The summed E-state index contributed by atoms with van der Waals surface area (Å²) >= 11 is 1.33. The van der Waals surface area contributed by atoms with Crippen LogP contribution in [0.4, 0.5) is 5.69 Å². The van der Waals surface area contributed by atoms with Crippen molar-refractivity contribution in [3.63, 3.8) is 0 Å². The lowest BCUT2D eigenvalue weighted by Crippen LogP contribution is -2.12. The van der Waals surface area contributed by atoms with Crippen molar-refractivity contribution in [1.29, 1.82) is 0 Å². The normalized spacial score (nSPS) is 11.4. The molecule has 0 radical (unpaired) electrons. The molecule has 18 heavy (non-hydrogen) atoms. The number of hydrogen-bond acceptors (Lipinski definition) is 5. The van der Waals surface area contributed by atoms with Gasteiger partial charge in [0.25, 0.3) is 10.0 Å². The van der Waals surface area contributed by atoms with E-state index in [4.69, 9.17) is 5.73 Å². The van der Waals surface area contributed by atoms with E-state index >= 15 is 0 Å². The monoisotopic (exact) mass is 283 g/mol. The molecule has 5 nitrogen and oxygen atoms in total. The van der Waals surface area contributed by atoms with Gasteiger partial charge in [-0.2, -0.15) is 0 Å². The Labute approximate surface area is 110 Å². The van der Waals surface area contributed by atoms with Crippen molar-refractivity contribution in [3.05, 3.63) is 40.3 Å². The Morgan fingerprint density at radius 3 is 2.78 bits per heavy atom. The van der Waals surface area contributed by atoms with Crippen molar-refractivity contribution >= 4 is 27.0 Å². The van der Waals surface area contributed by atoms with E-state index in [1.54, 1.807) is 23.6 Å². The number of aryl methyl sites for hydroxylation is 1. The molecule has 0 aromatic carbocycles. The minimum Gasteiger partial charge on any atom is -0.326 e. The first-order valence-electron chi connectivity index (χ1n) is 5.24. The topological polar surface area (TPSA) is 85.1 Å². The third kappa shape index (κ3) is 2.87. The highest BCUT2D eigenvalue weighted by Crippen LogP contribution is 2.21. The molecule has 2 aromatic rings. The minimum absolute atomic E-state index is 0.230. The molecule has 0 atom stereocenters. The molecule has 2 rings (SSSR count). The molecule has 0 bridgehead atoms. The highest BCUT2D eigenvalue weighted by atomic mass is 32.2. The molecular weight excluding hydrogens is 270 g/mol. The lowest BCUT2D eigenvalue weighted by atomic mass is 10.4. The van der Waals surface area contributed by atoms with Gasteiger partial charge < -0.3 is 5.73 Å². The number of nitrogens with two attached hydrogens (primary N) is 1. The second kappa shape index (κ2) is 5.05. The molecule has 0 aliphatic heterocycles. The van der Waals surface area contributed by atoms with Gasteiger partial charge in [-0.25, -0.2) is 8.42 Å². The van der Waals surface area contributed by atoms with Gasteiger partial charge in [0, 0.05) is 22.5 Å². The van der Waals surface area contributed by atoms with E-state index in [0.717, 1.165) is 10.6 Å². The minimum atomic E-state index is -3.55. The van der Waals surface area contributed by atoms with Crippen LogP contribution in [0.5, 0.6) is 0 Å². The Balaban J connectivity index is 2.24. The number of nitrogens with zero attached hydrogens (tertiary/aromatic N) is 1. The molecule has 7 heteroatoms. The van der Waals surface area contributed by atoms with Crippen LogP contribution in [0.25, 0.3) is 0 Å². The number of rotatable bonds is 4. The zero-order valence-corrected chi connectivity index (χ0v) is 11.4. The van der Waals surface area contributed by atoms with E-state index in [9.17, 15) is 8.42 Å². The average molecular weight is 283 g/mol. The lowest BCUT2D eigenvalue weighted by Gasteiger charge is -2.05. The van der Waals surface area contributed by atoms with Crippen LogP contribution < -0.4 is 10.5 Å². The fourth-order valence-electron chi connectivity index (χ4n) is 1.35. The summed E-state index contributed by atoms with van der Waals surface area (Å²) in [6.07, 6.45) is 1.49. The second-order valence-electron chi connectivity index (χ2n) is 3.75. The number of hydrogen-bond donors (Lipinski definition) is 2. The molecule has 0 unspecified atom stereocenters. The number of aromatic nitrogens is 1. The maximum absolute atomic E-state index is 12.0. The Morgan fingerprint density at radius 1 is 1.44 bits per heavy atom. The summed E-state index contributed by atoms with van der Waals surface area (Å²) in [5, 5.41) is 1.58. The smallest absolute Gasteiger partial charge is 0.262 e. The molecule has 2 aromatic heterocycles. The van der Waals surface area contributed by atoms with Crippen molar-refractivity contribution in [3.8, 4) is 0 Å². The summed E-state index contributed by atoms with van der Waals surface area (Å²) in [6.45, 7) is 2.18. The van der Waals surface area contributed by atoms with E-state index in [1.807, 2.05) is 6.92 Å². The maximum atomic E-state index is 12.0. The first-order valence-corrected chi connectivity index (χ1v) is 7.60. The average Bonchev–Trinajstić information content (AvgIpc) is 2.81. The van der Waals surface area contributed by atoms with Gasteiger partial charge >= 0.3 is 0 Å². The number of thiophene rings is 1. The predicted octanol–water partition coefficient (Wildman–Crippen LogP) is 1.71. The Hall–Kier alpha value is -1.44. The number of pyridine rings is 1. The Morgan fingerprint density at radius 2 is 2.22 bits per heavy atom. The van der Waals surface area contributed by atoms with E-state index in [2.05, 4.69) is 9.71 Å². The van der Waals surface area contributed by atoms with Gasteiger partial charge in [0.2, 0.25) is 0 Å². The van der Waals surface area contributed by atoms with Crippen molar-refractivity contribution < 1.29 is 8.42 Å². The highest BCUT2D eigenvalue weighted by Gasteiger charge is 2.16. The molecule has 0 aliphatic carbocycles. The molecular formula is C11H13N3O2S2. The molecule has 0 saturated carbocycles. The molecule has 0 fully saturated rings. The second-order valence-corrected chi connectivity index (χ2v) is 6.42. The van der Waals surface area contributed by atoms with Crippen LogP contribution in [0.1, 0.15) is 10.6 Å². The molecule has 3 N–H and O–H groups in total. The third-order valence-electron chi connectivity index (χ3n) is 2.30. The number of sulfonamides is 1. The van der Waals surface area contributed by atoms with Crippen LogP contribution >= 0.6 is 11.3 Å². The quantitative estimate of drug-likeness (QED) is 0.894. The van der Waals surface area contributed by atoms with Gasteiger partial charge in [0.15, 0.2) is 0 Å².